The lowest BCUT2D eigenvalue weighted by Gasteiger charge is -2.65. The number of hydrogen-bond acceptors (Lipinski definition) is 4. The third-order valence-electron chi connectivity index (χ3n) is 6.97. The van der Waals surface area contributed by atoms with Crippen LogP contribution in [0.25, 0.3) is 11.1 Å². The lowest BCUT2D eigenvalue weighted by Crippen LogP contribution is -2.65. The van der Waals surface area contributed by atoms with E-state index in [0.717, 1.165) is 45.7 Å². The largest absolute Gasteiger partial charge is 0.347 e. The molecule has 1 amide bonds. The first-order chi connectivity index (χ1) is 12.8. The lowest BCUT2D eigenvalue weighted by molar-refractivity contribution is -0.114. The van der Waals surface area contributed by atoms with Crippen LogP contribution in [-0.4, -0.2) is 11.4 Å². The van der Waals surface area contributed by atoms with Crippen LogP contribution in [0.4, 0.5) is 0 Å². The first kappa shape index (κ1) is 18.0. The molecule has 1 N–H and O–H groups in total. The summed E-state index contributed by atoms with van der Waals surface area (Å²) in [5.74, 6) is 0.867. The monoisotopic (exact) mass is 415 g/mol. The summed E-state index contributed by atoms with van der Waals surface area (Å²) >= 11 is 5.39. The minimum Gasteiger partial charge on any atom is -0.347 e. The Labute approximate surface area is 173 Å². The predicted molar refractivity (Wildman–Crippen MR) is 116 cm³/mol. The minimum absolute atomic E-state index is 0.00149. The SMILES string of the molecule is C[C@]12CC3CC(NC(=O)c4ccc(-c5cssc5=S)cc4)(C1)C[C@@](C)(C3)C2. The van der Waals surface area contributed by atoms with Crippen LogP contribution >= 0.6 is 32.9 Å². The van der Waals surface area contributed by atoms with E-state index >= 15 is 0 Å². The van der Waals surface area contributed by atoms with Gasteiger partial charge in [-0.25, -0.2) is 0 Å². The van der Waals surface area contributed by atoms with E-state index in [1.54, 1.807) is 20.7 Å². The lowest BCUT2D eigenvalue weighted by atomic mass is 9.43. The number of hydrogen-bond donors (Lipinski definition) is 1. The van der Waals surface area contributed by atoms with Gasteiger partial charge in [-0.2, -0.15) is 0 Å². The van der Waals surface area contributed by atoms with Crippen LogP contribution in [0.2, 0.25) is 0 Å². The molecule has 0 spiro atoms. The fourth-order valence-corrected chi connectivity index (χ4v) is 9.49. The van der Waals surface area contributed by atoms with E-state index in [2.05, 4.69) is 24.5 Å². The van der Waals surface area contributed by atoms with E-state index in [-0.39, 0.29) is 11.4 Å². The van der Waals surface area contributed by atoms with E-state index < -0.39 is 0 Å². The van der Waals surface area contributed by atoms with Gasteiger partial charge in [0.2, 0.25) is 0 Å². The Morgan fingerprint density at radius 3 is 2.30 bits per heavy atom. The third-order valence-corrected chi connectivity index (χ3v) is 9.64. The number of nitrogens with one attached hydrogen (secondary N) is 1. The van der Waals surface area contributed by atoms with E-state index in [1.165, 1.54) is 19.3 Å². The molecule has 1 heterocycles. The van der Waals surface area contributed by atoms with Crippen molar-refractivity contribution >= 4 is 38.8 Å². The molecule has 4 aliphatic rings. The number of benzene rings is 1. The van der Waals surface area contributed by atoms with Crippen LogP contribution in [0.1, 0.15) is 62.7 Å². The molecule has 4 saturated carbocycles. The van der Waals surface area contributed by atoms with Crippen LogP contribution in [0.15, 0.2) is 29.6 Å². The molecule has 2 nitrogen and oxygen atoms in total. The molecular formula is C22H25NOS3. The Hall–Kier alpha value is -1.04. The summed E-state index contributed by atoms with van der Waals surface area (Å²) in [7, 11) is 3.29. The molecule has 4 fully saturated rings. The van der Waals surface area contributed by atoms with Crippen molar-refractivity contribution in [1.82, 2.24) is 5.32 Å². The highest BCUT2D eigenvalue weighted by atomic mass is 32.9. The maximum Gasteiger partial charge on any atom is 0.251 e. The molecule has 2 unspecified atom stereocenters. The molecule has 6 rings (SSSR count). The Kier molecular flexibility index (Phi) is 3.99. The Morgan fingerprint density at radius 1 is 1.07 bits per heavy atom. The quantitative estimate of drug-likeness (QED) is 0.447. The summed E-state index contributed by atoms with van der Waals surface area (Å²) in [4.78, 5) is 13.1. The Bertz CT molecular complexity index is 938. The van der Waals surface area contributed by atoms with Crippen molar-refractivity contribution in [3.63, 3.8) is 0 Å². The first-order valence-corrected chi connectivity index (χ1v) is 12.4. The van der Waals surface area contributed by atoms with Crippen LogP contribution in [-0.2, 0) is 0 Å². The van der Waals surface area contributed by atoms with Gasteiger partial charge in [0.15, 0.2) is 0 Å². The summed E-state index contributed by atoms with van der Waals surface area (Å²) in [6.07, 6.45) is 7.47. The first-order valence-electron chi connectivity index (χ1n) is 9.78. The molecular weight excluding hydrogens is 390 g/mol. The van der Waals surface area contributed by atoms with Gasteiger partial charge < -0.3 is 5.32 Å². The number of amides is 1. The Morgan fingerprint density at radius 2 is 1.74 bits per heavy atom. The van der Waals surface area contributed by atoms with Crippen LogP contribution < -0.4 is 5.32 Å². The zero-order valence-electron chi connectivity index (χ0n) is 15.8. The van der Waals surface area contributed by atoms with Gasteiger partial charge in [0.05, 0.1) is 0 Å². The fraction of sp³-hybridized carbons (Fsp3) is 0.545. The maximum atomic E-state index is 13.1. The molecule has 4 bridgehead atoms. The standard InChI is InChI=1S/C22H25NOS3/c1-20-7-14-8-21(2,11-20)13-22(9-14,12-20)23-18(24)16-5-3-15(4-6-16)17-10-26-27-19(17)25/h3-6,10,14H,7-9,11-13H2,1-2H3,(H,23,24)/t14?,20-,21+,22?. The summed E-state index contributed by atoms with van der Waals surface area (Å²) in [6, 6.07) is 7.96. The van der Waals surface area contributed by atoms with Crippen molar-refractivity contribution in [2.45, 2.75) is 57.9 Å². The summed E-state index contributed by atoms with van der Waals surface area (Å²) in [5, 5.41) is 5.60. The number of carbonyl (C=O) groups excluding carboxylic acids is 1. The van der Waals surface area contributed by atoms with E-state index in [1.807, 2.05) is 24.3 Å². The highest BCUT2D eigenvalue weighted by molar-refractivity contribution is 7.79. The average Bonchev–Trinajstić information content (AvgIpc) is 2.97. The zero-order chi connectivity index (χ0) is 18.9. The minimum atomic E-state index is 0.00149. The van der Waals surface area contributed by atoms with E-state index in [9.17, 15) is 4.79 Å². The van der Waals surface area contributed by atoms with Gasteiger partial charge in [-0.15, -0.1) is 0 Å². The third kappa shape index (κ3) is 3.12. The molecule has 5 heteroatoms. The molecule has 4 atom stereocenters. The highest BCUT2D eigenvalue weighted by Gasteiger charge is 2.60. The van der Waals surface area contributed by atoms with E-state index in [0.29, 0.717) is 10.8 Å². The van der Waals surface area contributed by atoms with Gasteiger partial charge in [-0.05, 0) is 73.0 Å². The van der Waals surface area contributed by atoms with Crippen molar-refractivity contribution in [2.75, 3.05) is 0 Å². The molecule has 27 heavy (non-hydrogen) atoms. The molecule has 4 aliphatic carbocycles. The smallest absolute Gasteiger partial charge is 0.251 e. The normalized spacial score (nSPS) is 36.7. The maximum absolute atomic E-state index is 13.1. The molecule has 1 aromatic carbocycles. The van der Waals surface area contributed by atoms with Crippen molar-refractivity contribution in [3.05, 3.63) is 39.0 Å². The van der Waals surface area contributed by atoms with Crippen LogP contribution in [0.3, 0.4) is 0 Å². The van der Waals surface area contributed by atoms with Crippen molar-refractivity contribution < 1.29 is 4.79 Å². The van der Waals surface area contributed by atoms with Gasteiger partial charge in [0.1, 0.15) is 3.82 Å². The number of rotatable bonds is 3. The second-order valence-corrected chi connectivity index (χ2v) is 12.7. The fourth-order valence-electron chi connectivity index (χ4n) is 7.10. The second-order valence-electron chi connectivity index (χ2n) is 9.94. The zero-order valence-corrected chi connectivity index (χ0v) is 18.3. The predicted octanol–water partition coefficient (Wildman–Crippen LogP) is 6.68. The Balaban J connectivity index is 1.38. The molecule has 0 radical (unpaired) electrons. The van der Waals surface area contributed by atoms with Crippen molar-refractivity contribution in [2.24, 2.45) is 16.7 Å². The van der Waals surface area contributed by atoms with Gasteiger partial charge in [0.25, 0.3) is 5.91 Å². The molecule has 2 aromatic rings. The van der Waals surface area contributed by atoms with Gasteiger partial charge in [-0.1, -0.05) is 58.9 Å². The topological polar surface area (TPSA) is 29.1 Å². The highest BCUT2D eigenvalue weighted by Crippen LogP contribution is 2.66. The summed E-state index contributed by atoms with van der Waals surface area (Å²) < 4.78 is 0.923. The van der Waals surface area contributed by atoms with Gasteiger partial charge in [0, 0.05) is 22.0 Å². The van der Waals surface area contributed by atoms with Gasteiger partial charge in [-0.3, -0.25) is 4.79 Å². The van der Waals surface area contributed by atoms with Crippen molar-refractivity contribution in [1.29, 1.82) is 0 Å². The molecule has 0 aliphatic heterocycles. The van der Waals surface area contributed by atoms with Crippen molar-refractivity contribution in [3.8, 4) is 11.1 Å². The molecule has 142 valence electrons. The van der Waals surface area contributed by atoms with E-state index in [4.69, 9.17) is 12.2 Å². The average molecular weight is 416 g/mol. The van der Waals surface area contributed by atoms with Crippen LogP contribution in [0.5, 0.6) is 0 Å². The molecule has 1 aromatic heterocycles. The summed E-state index contributed by atoms with van der Waals surface area (Å²) in [5.41, 5.74) is 3.78. The molecule has 0 saturated heterocycles. The summed E-state index contributed by atoms with van der Waals surface area (Å²) in [6.45, 7) is 4.89. The second kappa shape index (κ2) is 5.98. The van der Waals surface area contributed by atoms with Crippen LogP contribution in [0, 0.1) is 20.6 Å². The number of carbonyl (C=O) groups is 1. The van der Waals surface area contributed by atoms with Gasteiger partial charge >= 0.3 is 0 Å².